The molecule has 1 saturated heterocycles. The Kier molecular flexibility index (Phi) is 8.19. The minimum absolute atomic E-state index is 0.0196. The molecule has 1 N–H and O–H groups in total. The Morgan fingerprint density at radius 2 is 1.78 bits per heavy atom. The molecule has 1 aromatic rings. The number of amides is 1. The summed E-state index contributed by atoms with van der Waals surface area (Å²) >= 11 is 0. The van der Waals surface area contributed by atoms with Gasteiger partial charge in [-0.1, -0.05) is 26.2 Å². The van der Waals surface area contributed by atoms with Crippen molar-refractivity contribution in [2.45, 2.75) is 50.5 Å². The molecular formula is C19H30FN3O3S. The number of halogens is 1. The van der Waals surface area contributed by atoms with Crippen LogP contribution in [0.25, 0.3) is 0 Å². The number of piperazine rings is 1. The Bertz CT molecular complexity index is 701. The molecule has 2 rings (SSSR count). The van der Waals surface area contributed by atoms with Crippen molar-refractivity contribution in [2.75, 3.05) is 32.7 Å². The molecule has 1 aliphatic heterocycles. The summed E-state index contributed by atoms with van der Waals surface area (Å²) in [5.41, 5.74) is 0. The minimum Gasteiger partial charge on any atom is -0.353 e. The lowest BCUT2D eigenvalue weighted by Crippen LogP contribution is -2.51. The summed E-state index contributed by atoms with van der Waals surface area (Å²) in [6, 6.07) is 5.02. The lowest BCUT2D eigenvalue weighted by atomic mass is 10.1. The normalized spacial score (nSPS) is 17.6. The van der Waals surface area contributed by atoms with E-state index < -0.39 is 15.8 Å². The molecule has 0 spiro atoms. The molecule has 1 heterocycles. The summed E-state index contributed by atoms with van der Waals surface area (Å²) in [6.07, 6.45) is 4.41. The van der Waals surface area contributed by atoms with Gasteiger partial charge in [0.2, 0.25) is 15.9 Å². The second-order valence-electron chi connectivity index (χ2n) is 7.10. The van der Waals surface area contributed by atoms with Crippen LogP contribution in [0.1, 0.15) is 39.5 Å². The summed E-state index contributed by atoms with van der Waals surface area (Å²) in [5.74, 6) is -0.484. The lowest BCUT2D eigenvalue weighted by molar-refractivity contribution is -0.123. The molecule has 0 unspecified atom stereocenters. The van der Waals surface area contributed by atoms with E-state index in [0.717, 1.165) is 31.4 Å². The van der Waals surface area contributed by atoms with Crippen molar-refractivity contribution < 1.29 is 17.6 Å². The number of carbonyl (C=O) groups excluding carboxylic acids is 1. The van der Waals surface area contributed by atoms with Gasteiger partial charge in [0.25, 0.3) is 0 Å². The highest BCUT2D eigenvalue weighted by Gasteiger charge is 2.29. The minimum atomic E-state index is -3.62. The van der Waals surface area contributed by atoms with Crippen LogP contribution in [-0.2, 0) is 14.8 Å². The van der Waals surface area contributed by atoms with Crippen molar-refractivity contribution in [1.29, 1.82) is 0 Å². The second-order valence-corrected chi connectivity index (χ2v) is 9.04. The van der Waals surface area contributed by atoms with E-state index in [4.69, 9.17) is 0 Å². The van der Waals surface area contributed by atoms with Crippen LogP contribution in [-0.4, -0.2) is 62.3 Å². The molecule has 6 nitrogen and oxygen atoms in total. The van der Waals surface area contributed by atoms with Gasteiger partial charge in [0.05, 0.1) is 11.4 Å². The zero-order valence-electron chi connectivity index (χ0n) is 16.2. The number of carbonyl (C=O) groups is 1. The third kappa shape index (κ3) is 6.55. The van der Waals surface area contributed by atoms with Crippen LogP contribution in [0, 0.1) is 5.82 Å². The average molecular weight is 400 g/mol. The maximum Gasteiger partial charge on any atom is 0.243 e. The van der Waals surface area contributed by atoms with E-state index in [0.29, 0.717) is 26.2 Å². The SMILES string of the molecule is CCCCC[C@H](C)NC(=O)CN1CCN(S(=O)(=O)c2ccc(F)cc2)CC1. The number of benzene rings is 1. The molecule has 0 radical (unpaired) electrons. The summed E-state index contributed by atoms with van der Waals surface area (Å²) in [4.78, 5) is 14.2. The van der Waals surface area contributed by atoms with Crippen molar-refractivity contribution in [3.05, 3.63) is 30.1 Å². The first-order valence-electron chi connectivity index (χ1n) is 9.60. The predicted molar refractivity (Wildman–Crippen MR) is 103 cm³/mol. The van der Waals surface area contributed by atoms with Gasteiger partial charge < -0.3 is 5.32 Å². The van der Waals surface area contributed by atoms with Crippen molar-refractivity contribution >= 4 is 15.9 Å². The molecule has 0 bridgehead atoms. The Morgan fingerprint density at radius 1 is 1.15 bits per heavy atom. The summed E-state index contributed by atoms with van der Waals surface area (Å²) in [5, 5.41) is 3.01. The van der Waals surface area contributed by atoms with Gasteiger partial charge in [0.15, 0.2) is 0 Å². The fourth-order valence-corrected chi connectivity index (χ4v) is 4.60. The lowest BCUT2D eigenvalue weighted by Gasteiger charge is -2.33. The first-order chi connectivity index (χ1) is 12.8. The van der Waals surface area contributed by atoms with Crippen molar-refractivity contribution in [2.24, 2.45) is 0 Å². The quantitative estimate of drug-likeness (QED) is 0.647. The number of nitrogens with one attached hydrogen (secondary N) is 1. The van der Waals surface area contributed by atoms with Crippen LogP contribution in [0.5, 0.6) is 0 Å². The number of sulfonamides is 1. The Hall–Kier alpha value is -1.51. The summed E-state index contributed by atoms with van der Waals surface area (Å²) in [7, 11) is -3.62. The topological polar surface area (TPSA) is 69.7 Å². The number of hydrogen-bond acceptors (Lipinski definition) is 4. The number of nitrogens with zero attached hydrogens (tertiary/aromatic N) is 2. The van der Waals surface area contributed by atoms with E-state index in [1.807, 2.05) is 11.8 Å². The van der Waals surface area contributed by atoms with Crippen LogP contribution in [0.15, 0.2) is 29.2 Å². The molecule has 0 saturated carbocycles. The fraction of sp³-hybridized carbons (Fsp3) is 0.632. The van der Waals surface area contributed by atoms with Crippen molar-refractivity contribution in [3.63, 3.8) is 0 Å². The van der Waals surface area contributed by atoms with E-state index >= 15 is 0 Å². The Labute approximate surface area is 161 Å². The standard InChI is InChI=1S/C19H30FN3O3S/c1-3-4-5-6-16(2)21-19(24)15-22-11-13-23(14-12-22)27(25,26)18-9-7-17(20)8-10-18/h7-10,16H,3-6,11-15H2,1-2H3,(H,21,24)/t16-/m0/s1. The molecule has 1 atom stereocenters. The molecular weight excluding hydrogens is 369 g/mol. The van der Waals surface area contributed by atoms with Crippen LogP contribution >= 0.6 is 0 Å². The van der Waals surface area contributed by atoms with Gasteiger partial charge >= 0.3 is 0 Å². The van der Waals surface area contributed by atoms with E-state index in [9.17, 15) is 17.6 Å². The van der Waals surface area contributed by atoms with E-state index in [1.165, 1.54) is 22.9 Å². The van der Waals surface area contributed by atoms with Crippen molar-refractivity contribution in [1.82, 2.24) is 14.5 Å². The number of rotatable bonds is 9. The number of unbranched alkanes of at least 4 members (excludes halogenated alkanes) is 2. The molecule has 27 heavy (non-hydrogen) atoms. The van der Waals surface area contributed by atoms with E-state index in [2.05, 4.69) is 12.2 Å². The van der Waals surface area contributed by atoms with Gasteiger partial charge in [-0.05, 0) is 37.6 Å². The first kappa shape index (κ1) is 21.8. The Balaban J connectivity index is 1.79. The summed E-state index contributed by atoms with van der Waals surface area (Å²) in [6.45, 7) is 6.08. The fourth-order valence-electron chi connectivity index (χ4n) is 3.18. The first-order valence-corrected chi connectivity index (χ1v) is 11.0. The van der Waals surface area contributed by atoms with Gasteiger partial charge in [-0.2, -0.15) is 4.31 Å². The maximum absolute atomic E-state index is 13.0. The molecule has 1 amide bonds. The van der Waals surface area contributed by atoms with Gasteiger partial charge in [0, 0.05) is 32.2 Å². The zero-order chi connectivity index (χ0) is 19.9. The molecule has 152 valence electrons. The highest BCUT2D eigenvalue weighted by Crippen LogP contribution is 2.18. The highest BCUT2D eigenvalue weighted by atomic mass is 32.2. The maximum atomic E-state index is 13.0. The number of hydrogen-bond donors (Lipinski definition) is 1. The second kappa shape index (κ2) is 10.1. The summed E-state index contributed by atoms with van der Waals surface area (Å²) < 4.78 is 39.6. The molecule has 1 fully saturated rings. The smallest absolute Gasteiger partial charge is 0.243 e. The Morgan fingerprint density at radius 3 is 2.37 bits per heavy atom. The predicted octanol–water partition coefficient (Wildman–Crippen LogP) is 2.22. The average Bonchev–Trinajstić information content (AvgIpc) is 2.62. The van der Waals surface area contributed by atoms with Crippen LogP contribution in [0.4, 0.5) is 4.39 Å². The van der Waals surface area contributed by atoms with E-state index in [1.54, 1.807) is 0 Å². The van der Waals surface area contributed by atoms with Crippen molar-refractivity contribution in [3.8, 4) is 0 Å². The van der Waals surface area contributed by atoms with E-state index in [-0.39, 0.29) is 23.4 Å². The molecule has 1 aliphatic rings. The molecule has 0 aromatic heterocycles. The van der Waals surface area contributed by atoms with Gasteiger partial charge in [-0.15, -0.1) is 0 Å². The zero-order valence-corrected chi connectivity index (χ0v) is 17.0. The molecule has 8 heteroatoms. The van der Waals surface area contributed by atoms with Crippen LogP contribution in [0.2, 0.25) is 0 Å². The van der Waals surface area contributed by atoms with Gasteiger partial charge in [0.1, 0.15) is 5.82 Å². The third-order valence-corrected chi connectivity index (χ3v) is 6.71. The highest BCUT2D eigenvalue weighted by molar-refractivity contribution is 7.89. The third-order valence-electron chi connectivity index (χ3n) is 4.80. The van der Waals surface area contributed by atoms with Crippen LogP contribution in [0.3, 0.4) is 0 Å². The van der Waals surface area contributed by atoms with Gasteiger partial charge in [-0.3, -0.25) is 9.69 Å². The van der Waals surface area contributed by atoms with Gasteiger partial charge in [-0.25, -0.2) is 12.8 Å². The molecule has 0 aliphatic carbocycles. The van der Waals surface area contributed by atoms with Crippen LogP contribution < -0.4 is 5.32 Å². The monoisotopic (exact) mass is 399 g/mol. The largest absolute Gasteiger partial charge is 0.353 e. The molecule has 1 aromatic carbocycles.